The Morgan fingerprint density at radius 3 is 2.35 bits per heavy atom. The van der Waals surface area contributed by atoms with Gasteiger partial charge in [0.15, 0.2) is 0 Å². The quantitative estimate of drug-likeness (QED) is 0.570. The molecule has 0 saturated heterocycles. The minimum atomic E-state index is -0.658. The molecule has 20 heavy (non-hydrogen) atoms. The fourth-order valence-electron chi connectivity index (χ4n) is 1.38. The summed E-state index contributed by atoms with van der Waals surface area (Å²) in [4.78, 5) is 24.8. The van der Waals surface area contributed by atoms with Crippen LogP contribution in [0.2, 0.25) is 0 Å². The van der Waals surface area contributed by atoms with Gasteiger partial charge in [0.05, 0.1) is 26.1 Å². The summed E-state index contributed by atoms with van der Waals surface area (Å²) in [6, 6.07) is 1.59. The summed E-state index contributed by atoms with van der Waals surface area (Å²) in [6.45, 7) is 10.5. The Morgan fingerprint density at radius 2 is 1.95 bits per heavy atom. The fourth-order valence-corrected chi connectivity index (χ4v) is 1.38. The Balaban J connectivity index is 5.00. The van der Waals surface area contributed by atoms with E-state index in [1.165, 1.54) is 12.0 Å². The average Bonchev–Trinajstić information content (AvgIpc) is 2.32. The molecule has 0 aliphatic heterocycles. The molecule has 0 aliphatic carbocycles. The molecule has 1 amide bonds. The van der Waals surface area contributed by atoms with Crippen molar-refractivity contribution in [2.45, 2.75) is 45.8 Å². The van der Waals surface area contributed by atoms with Crippen LogP contribution in [0.15, 0.2) is 12.2 Å². The van der Waals surface area contributed by atoms with E-state index >= 15 is 0 Å². The molecule has 1 atom stereocenters. The van der Waals surface area contributed by atoms with Crippen LogP contribution in [0.4, 0.5) is 4.79 Å². The zero-order chi connectivity index (χ0) is 15.9. The highest BCUT2D eigenvalue weighted by atomic mass is 16.6. The number of nitrogens with zero attached hydrogens (tertiary/aromatic N) is 2. The number of hydrogen-bond donors (Lipinski definition) is 0. The first-order chi connectivity index (χ1) is 9.12. The third kappa shape index (κ3) is 6.23. The maximum absolute atomic E-state index is 12.1. The van der Waals surface area contributed by atoms with Crippen molar-refractivity contribution in [2.24, 2.45) is 0 Å². The van der Waals surface area contributed by atoms with Crippen molar-refractivity contribution >= 4 is 12.1 Å². The van der Waals surface area contributed by atoms with Crippen molar-refractivity contribution in [1.29, 1.82) is 5.26 Å². The number of methoxy groups -OCH3 is 1. The van der Waals surface area contributed by atoms with Gasteiger partial charge in [0, 0.05) is 11.6 Å². The molecule has 0 N–H and O–H groups in total. The Labute approximate surface area is 119 Å². The number of rotatable bonds is 5. The van der Waals surface area contributed by atoms with Crippen molar-refractivity contribution in [3.8, 4) is 6.07 Å². The van der Waals surface area contributed by atoms with Gasteiger partial charge < -0.3 is 9.47 Å². The molecule has 0 heterocycles. The smallest absolute Gasteiger partial charge is 0.410 e. The molecule has 0 aromatic carbocycles. The molecule has 0 aliphatic rings. The Bertz CT molecular complexity index is 418. The summed E-state index contributed by atoms with van der Waals surface area (Å²) in [7, 11) is 1.24. The van der Waals surface area contributed by atoms with E-state index < -0.39 is 23.7 Å². The van der Waals surface area contributed by atoms with E-state index in [9.17, 15) is 9.59 Å². The van der Waals surface area contributed by atoms with E-state index in [1.807, 2.05) is 6.07 Å². The lowest BCUT2D eigenvalue weighted by Gasteiger charge is -2.30. The van der Waals surface area contributed by atoms with Gasteiger partial charge in [-0.3, -0.25) is 4.90 Å². The van der Waals surface area contributed by atoms with E-state index in [1.54, 1.807) is 27.7 Å². The van der Waals surface area contributed by atoms with E-state index in [4.69, 9.17) is 10.00 Å². The predicted octanol–water partition coefficient (Wildman–Crippen LogP) is 2.25. The highest BCUT2D eigenvalue weighted by Gasteiger charge is 2.27. The van der Waals surface area contributed by atoms with Crippen LogP contribution in [0.1, 0.15) is 34.1 Å². The lowest BCUT2D eigenvalue weighted by Crippen LogP contribution is -2.43. The van der Waals surface area contributed by atoms with E-state index in [0.29, 0.717) is 0 Å². The van der Waals surface area contributed by atoms with Crippen LogP contribution in [0.5, 0.6) is 0 Å². The molecule has 6 nitrogen and oxygen atoms in total. The molecule has 6 heteroatoms. The molecule has 0 spiro atoms. The van der Waals surface area contributed by atoms with Crippen LogP contribution in [0.3, 0.4) is 0 Å². The SMILES string of the molecule is C=C(CN(C(=O)OC(C)(C)C)[C@@H](C)CC#N)C(=O)OC. The van der Waals surface area contributed by atoms with Gasteiger partial charge in [-0.15, -0.1) is 0 Å². The van der Waals surface area contributed by atoms with E-state index in [2.05, 4.69) is 11.3 Å². The molecular weight excluding hydrogens is 260 g/mol. The number of hydrogen-bond acceptors (Lipinski definition) is 5. The second kappa shape index (κ2) is 7.53. The summed E-state index contributed by atoms with van der Waals surface area (Å²) >= 11 is 0. The maximum Gasteiger partial charge on any atom is 0.410 e. The largest absolute Gasteiger partial charge is 0.466 e. The molecule has 0 radical (unpaired) electrons. The number of ether oxygens (including phenoxy) is 2. The Hall–Kier alpha value is -2.03. The van der Waals surface area contributed by atoms with Crippen molar-refractivity contribution in [1.82, 2.24) is 4.90 Å². The van der Waals surface area contributed by atoms with Crippen LogP contribution in [-0.2, 0) is 14.3 Å². The summed E-state index contributed by atoms with van der Waals surface area (Å²) in [6.07, 6.45) is -0.460. The molecule has 0 aromatic rings. The average molecular weight is 282 g/mol. The molecule has 0 bridgehead atoms. The van der Waals surface area contributed by atoms with Gasteiger partial charge in [-0.25, -0.2) is 9.59 Å². The Morgan fingerprint density at radius 1 is 1.40 bits per heavy atom. The fraction of sp³-hybridized carbons (Fsp3) is 0.643. The van der Waals surface area contributed by atoms with Crippen LogP contribution >= 0.6 is 0 Å². The van der Waals surface area contributed by atoms with Gasteiger partial charge in [0.25, 0.3) is 0 Å². The number of amides is 1. The zero-order valence-electron chi connectivity index (χ0n) is 12.7. The lowest BCUT2D eigenvalue weighted by atomic mass is 10.2. The van der Waals surface area contributed by atoms with Crippen molar-refractivity contribution in [3.63, 3.8) is 0 Å². The maximum atomic E-state index is 12.1. The van der Waals surface area contributed by atoms with E-state index in [0.717, 1.165) is 0 Å². The van der Waals surface area contributed by atoms with Crippen molar-refractivity contribution in [3.05, 3.63) is 12.2 Å². The normalized spacial score (nSPS) is 12.0. The topological polar surface area (TPSA) is 79.6 Å². The van der Waals surface area contributed by atoms with Gasteiger partial charge in [-0.1, -0.05) is 6.58 Å². The minimum absolute atomic E-state index is 0.0373. The van der Waals surface area contributed by atoms with Crippen molar-refractivity contribution < 1.29 is 19.1 Å². The first-order valence-corrected chi connectivity index (χ1v) is 6.25. The van der Waals surface area contributed by atoms with Gasteiger partial charge in [0.1, 0.15) is 5.60 Å². The van der Waals surface area contributed by atoms with Crippen molar-refractivity contribution in [2.75, 3.05) is 13.7 Å². The number of carbonyl (C=O) groups excluding carboxylic acids is 2. The highest BCUT2D eigenvalue weighted by Crippen LogP contribution is 2.15. The summed E-state index contributed by atoms with van der Waals surface area (Å²) < 4.78 is 9.82. The molecule has 0 rings (SSSR count). The Kier molecular flexibility index (Phi) is 6.77. The molecule has 0 aromatic heterocycles. The van der Waals surface area contributed by atoms with Crippen LogP contribution in [-0.4, -0.2) is 42.3 Å². The third-order valence-corrected chi connectivity index (χ3v) is 2.38. The molecule has 0 saturated carbocycles. The monoisotopic (exact) mass is 282 g/mol. The second-order valence-corrected chi connectivity index (χ2v) is 5.41. The van der Waals surface area contributed by atoms with E-state index in [-0.39, 0.29) is 18.5 Å². The standard InChI is InChI=1S/C14H22N2O4/c1-10(12(17)19-6)9-16(11(2)7-8-15)13(18)20-14(3,4)5/h11H,1,7,9H2,2-6H3/t11-/m0/s1. The van der Waals surface area contributed by atoms with Gasteiger partial charge in [-0.2, -0.15) is 5.26 Å². The minimum Gasteiger partial charge on any atom is -0.466 e. The molecule has 0 unspecified atom stereocenters. The summed E-state index contributed by atoms with van der Waals surface area (Å²) in [5.74, 6) is -0.595. The van der Waals surface area contributed by atoms with Crippen LogP contribution in [0, 0.1) is 11.3 Å². The van der Waals surface area contributed by atoms with Gasteiger partial charge >= 0.3 is 12.1 Å². The van der Waals surface area contributed by atoms with Crippen LogP contribution in [0.25, 0.3) is 0 Å². The molecular formula is C14H22N2O4. The predicted molar refractivity (Wildman–Crippen MR) is 73.8 cm³/mol. The summed E-state index contributed by atoms with van der Waals surface area (Å²) in [5.41, 5.74) is -0.531. The second-order valence-electron chi connectivity index (χ2n) is 5.41. The van der Waals surface area contributed by atoms with Crippen LogP contribution < -0.4 is 0 Å². The van der Waals surface area contributed by atoms with Gasteiger partial charge in [-0.05, 0) is 27.7 Å². The first-order valence-electron chi connectivity index (χ1n) is 6.25. The zero-order valence-corrected chi connectivity index (χ0v) is 12.7. The highest BCUT2D eigenvalue weighted by molar-refractivity contribution is 5.88. The third-order valence-electron chi connectivity index (χ3n) is 2.38. The van der Waals surface area contributed by atoms with Gasteiger partial charge in [0.2, 0.25) is 0 Å². The number of esters is 1. The number of carbonyl (C=O) groups is 2. The first kappa shape index (κ1) is 18.0. The summed E-state index contributed by atoms with van der Waals surface area (Å²) in [5, 5.41) is 8.75. The molecule has 112 valence electrons. The number of nitriles is 1. The lowest BCUT2D eigenvalue weighted by molar-refractivity contribution is -0.136. The molecule has 0 fully saturated rings.